The van der Waals surface area contributed by atoms with Crippen molar-refractivity contribution in [1.29, 1.82) is 0 Å². The molecule has 1 N–H and O–H groups in total. The zero-order valence-corrected chi connectivity index (χ0v) is 10.8. The van der Waals surface area contributed by atoms with Gasteiger partial charge in [0.1, 0.15) is 6.04 Å². The zero-order valence-electron chi connectivity index (χ0n) is 10.8. The lowest BCUT2D eigenvalue weighted by molar-refractivity contribution is -0.152. The fourth-order valence-corrected chi connectivity index (χ4v) is 3.77. The molecule has 0 aromatic rings. The molecule has 5 nitrogen and oxygen atoms in total. The summed E-state index contributed by atoms with van der Waals surface area (Å²) in [4.78, 5) is 16.1. The number of nitrogens with zero attached hydrogens (tertiary/aromatic N) is 2. The van der Waals surface area contributed by atoms with Gasteiger partial charge in [0.25, 0.3) is 0 Å². The number of rotatable bonds is 2. The van der Waals surface area contributed by atoms with E-state index in [0.29, 0.717) is 25.3 Å². The summed E-state index contributed by atoms with van der Waals surface area (Å²) in [7, 11) is 0. The molecule has 0 bridgehead atoms. The van der Waals surface area contributed by atoms with Crippen molar-refractivity contribution in [3.63, 3.8) is 0 Å². The van der Waals surface area contributed by atoms with Crippen molar-refractivity contribution >= 4 is 5.97 Å². The van der Waals surface area contributed by atoms with Crippen LogP contribution in [0.3, 0.4) is 0 Å². The molecule has 0 amide bonds. The van der Waals surface area contributed by atoms with E-state index in [9.17, 15) is 9.90 Å². The molecule has 0 saturated carbocycles. The molecule has 0 spiro atoms. The van der Waals surface area contributed by atoms with Gasteiger partial charge in [-0.3, -0.25) is 9.69 Å². The molecular weight excluding hydrogens is 232 g/mol. The molecule has 3 rings (SSSR count). The van der Waals surface area contributed by atoms with Crippen molar-refractivity contribution in [1.82, 2.24) is 9.80 Å². The molecule has 5 heteroatoms. The second-order valence-electron chi connectivity index (χ2n) is 5.68. The van der Waals surface area contributed by atoms with E-state index < -0.39 is 12.0 Å². The lowest BCUT2D eigenvalue weighted by Crippen LogP contribution is -2.57. The molecule has 3 unspecified atom stereocenters. The lowest BCUT2D eigenvalue weighted by atomic mass is 9.94. The highest BCUT2D eigenvalue weighted by molar-refractivity contribution is 5.73. The first-order chi connectivity index (χ1) is 8.75. The second-order valence-corrected chi connectivity index (χ2v) is 5.68. The number of ether oxygens (including phenoxy) is 1. The summed E-state index contributed by atoms with van der Waals surface area (Å²) in [6, 6.07) is 0.701. The quantitative estimate of drug-likeness (QED) is 0.773. The molecule has 3 aliphatic heterocycles. The molecule has 0 aromatic heterocycles. The Balaban J connectivity index is 1.67. The molecule has 0 radical (unpaired) electrons. The molecule has 18 heavy (non-hydrogen) atoms. The molecule has 3 atom stereocenters. The van der Waals surface area contributed by atoms with E-state index in [0.717, 1.165) is 25.9 Å². The first-order valence-corrected chi connectivity index (χ1v) is 7.06. The maximum Gasteiger partial charge on any atom is 0.323 e. The van der Waals surface area contributed by atoms with E-state index in [1.54, 1.807) is 0 Å². The van der Waals surface area contributed by atoms with Crippen LogP contribution in [0.5, 0.6) is 0 Å². The fraction of sp³-hybridized carbons (Fsp3) is 0.923. The molecule has 3 aliphatic rings. The van der Waals surface area contributed by atoms with Crippen LogP contribution in [0.25, 0.3) is 0 Å². The molecule has 3 saturated heterocycles. The standard InChI is InChI=1S/C13H22N2O3/c16-13(17)12-9-18-7-6-15(12)11-3-5-14-4-1-2-10(14)8-11/h10-12H,1-9H2,(H,16,17). The molecule has 0 aromatic carbocycles. The molecule has 3 heterocycles. The monoisotopic (exact) mass is 254 g/mol. The highest BCUT2D eigenvalue weighted by Gasteiger charge is 2.39. The fourth-order valence-electron chi connectivity index (χ4n) is 3.77. The van der Waals surface area contributed by atoms with Crippen molar-refractivity contribution < 1.29 is 14.6 Å². The van der Waals surface area contributed by atoms with E-state index in [1.165, 1.54) is 19.4 Å². The van der Waals surface area contributed by atoms with Crippen LogP contribution < -0.4 is 0 Å². The van der Waals surface area contributed by atoms with Gasteiger partial charge in [-0.25, -0.2) is 0 Å². The van der Waals surface area contributed by atoms with Gasteiger partial charge in [0.05, 0.1) is 13.2 Å². The third-order valence-corrected chi connectivity index (χ3v) is 4.72. The van der Waals surface area contributed by atoms with Crippen molar-refractivity contribution in [2.24, 2.45) is 0 Å². The third kappa shape index (κ3) is 2.27. The lowest BCUT2D eigenvalue weighted by Gasteiger charge is -2.44. The summed E-state index contributed by atoms with van der Waals surface area (Å²) < 4.78 is 5.32. The van der Waals surface area contributed by atoms with Crippen molar-refractivity contribution in [2.75, 3.05) is 32.8 Å². The number of carboxylic acid groups (broad SMARTS) is 1. The smallest absolute Gasteiger partial charge is 0.323 e. The number of aliphatic carboxylic acids is 1. The minimum atomic E-state index is -0.733. The van der Waals surface area contributed by atoms with Gasteiger partial charge in [-0.2, -0.15) is 0 Å². The number of piperidine rings is 1. The average molecular weight is 254 g/mol. The van der Waals surface area contributed by atoms with E-state index in [1.807, 2.05) is 0 Å². The van der Waals surface area contributed by atoms with E-state index in [-0.39, 0.29) is 0 Å². The topological polar surface area (TPSA) is 53.0 Å². The van der Waals surface area contributed by atoms with Crippen molar-refractivity contribution in [2.45, 2.75) is 43.8 Å². The maximum absolute atomic E-state index is 11.3. The minimum Gasteiger partial charge on any atom is -0.480 e. The molecule has 0 aliphatic carbocycles. The number of hydrogen-bond acceptors (Lipinski definition) is 4. The van der Waals surface area contributed by atoms with Crippen molar-refractivity contribution in [3.8, 4) is 0 Å². The number of carbonyl (C=O) groups is 1. The Bertz CT molecular complexity index is 323. The van der Waals surface area contributed by atoms with E-state index in [2.05, 4.69) is 9.80 Å². The molecular formula is C13H22N2O3. The number of fused-ring (bicyclic) bond motifs is 1. The number of carboxylic acids is 1. The van der Waals surface area contributed by atoms with Gasteiger partial charge in [-0.1, -0.05) is 0 Å². The summed E-state index contributed by atoms with van der Waals surface area (Å²) in [6.45, 7) is 4.17. The van der Waals surface area contributed by atoms with Crippen LogP contribution in [0.1, 0.15) is 25.7 Å². The summed E-state index contributed by atoms with van der Waals surface area (Å²) >= 11 is 0. The average Bonchev–Trinajstić information content (AvgIpc) is 2.85. The summed E-state index contributed by atoms with van der Waals surface area (Å²) in [5, 5.41) is 9.29. The van der Waals surface area contributed by atoms with Crippen LogP contribution in [0.2, 0.25) is 0 Å². The maximum atomic E-state index is 11.3. The van der Waals surface area contributed by atoms with E-state index in [4.69, 9.17) is 4.74 Å². The van der Waals surface area contributed by atoms with Gasteiger partial charge in [0.15, 0.2) is 0 Å². The van der Waals surface area contributed by atoms with Crippen LogP contribution in [0.15, 0.2) is 0 Å². The van der Waals surface area contributed by atoms with Gasteiger partial charge >= 0.3 is 5.97 Å². The second kappa shape index (κ2) is 5.15. The van der Waals surface area contributed by atoms with Gasteiger partial charge in [0, 0.05) is 18.6 Å². The SMILES string of the molecule is O=C(O)C1COCCN1C1CCN2CCCC2C1. The highest BCUT2D eigenvalue weighted by atomic mass is 16.5. The molecule has 102 valence electrons. The van der Waals surface area contributed by atoms with Crippen LogP contribution in [0, 0.1) is 0 Å². The van der Waals surface area contributed by atoms with Gasteiger partial charge < -0.3 is 14.7 Å². The zero-order chi connectivity index (χ0) is 12.5. The summed E-state index contributed by atoms with van der Waals surface area (Å²) in [6.07, 6.45) is 4.85. The van der Waals surface area contributed by atoms with Gasteiger partial charge in [-0.05, 0) is 38.8 Å². The minimum absolute atomic E-state index is 0.347. The van der Waals surface area contributed by atoms with Crippen LogP contribution in [0.4, 0.5) is 0 Å². The van der Waals surface area contributed by atoms with E-state index >= 15 is 0 Å². The van der Waals surface area contributed by atoms with Crippen LogP contribution in [-0.4, -0.2) is 71.8 Å². The van der Waals surface area contributed by atoms with Gasteiger partial charge in [0.2, 0.25) is 0 Å². The Kier molecular flexibility index (Phi) is 3.54. The predicted molar refractivity (Wildman–Crippen MR) is 66.6 cm³/mol. The number of hydrogen-bond donors (Lipinski definition) is 1. The first kappa shape index (κ1) is 12.4. The molecule has 3 fully saturated rings. The Morgan fingerprint density at radius 3 is 2.89 bits per heavy atom. The normalized spacial score (nSPS) is 38.6. The summed E-state index contributed by atoms with van der Waals surface area (Å²) in [5.41, 5.74) is 0. The Hall–Kier alpha value is -0.650. The van der Waals surface area contributed by atoms with Crippen molar-refractivity contribution in [3.05, 3.63) is 0 Å². The van der Waals surface area contributed by atoms with Crippen LogP contribution >= 0.6 is 0 Å². The largest absolute Gasteiger partial charge is 0.480 e. The Morgan fingerprint density at radius 1 is 1.17 bits per heavy atom. The highest BCUT2D eigenvalue weighted by Crippen LogP contribution is 2.30. The predicted octanol–water partition coefficient (Wildman–Crippen LogP) is 0.399. The first-order valence-electron chi connectivity index (χ1n) is 7.06. The van der Waals surface area contributed by atoms with Gasteiger partial charge in [-0.15, -0.1) is 0 Å². The van der Waals surface area contributed by atoms with Crippen LogP contribution in [-0.2, 0) is 9.53 Å². The third-order valence-electron chi connectivity index (χ3n) is 4.72. The Morgan fingerprint density at radius 2 is 2.06 bits per heavy atom. The number of morpholine rings is 1. The Labute approximate surface area is 108 Å². The summed E-state index contributed by atoms with van der Waals surface area (Å²) in [5.74, 6) is -0.733.